The lowest BCUT2D eigenvalue weighted by atomic mass is 9.55. The molecule has 158 valence electrons. The van der Waals surface area contributed by atoms with Gasteiger partial charge in [-0.25, -0.2) is 0 Å². The van der Waals surface area contributed by atoms with E-state index in [1.54, 1.807) is 0 Å². The first kappa shape index (κ1) is 21.6. The number of hydrogen-bond donors (Lipinski definition) is 0. The Morgan fingerprint density at radius 1 is 1.21 bits per heavy atom. The summed E-state index contributed by atoms with van der Waals surface area (Å²) in [6.45, 7) is 15.2. The Balaban J connectivity index is 2.05. The maximum absolute atomic E-state index is 12.9. The highest BCUT2D eigenvalue weighted by molar-refractivity contribution is 6.73. The molecular formula is C22H36O5Si. The van der Waals surface area contributed by atoms with E-state index < -0.39 is 13.7 Å². The fourth-order valence-corrected chi connectivity index (χ4v) is 9.17. The van der Waals surface area contributed by atoms with Crippen LogP contribution in [0.5, 0.6) is 0 Å². The van der Waals surface area contributed by atoms with Gasteiger partial charge in [-0.05, 0) is 54.8 Å². The number of carbonyl (C=O) groups excluding carboxylic acids is 2. The van der Waals surface area contributed by atoms with Crippen LogP contribution < -0.4 is 0 Å². The van der Waals surface area contributed by atoms with Crippen molar-refractivity contribution in [1.82, 2.24) is 0 Å². The van der Waals surface area contributed by atoms with Crippen molar-refractivity contribution in [3.05, 3.63) is 12.2 Å². The van der Waals surface area contributed by atoms with E-state index >= 15 is 0 Å². The van der Waals surface area contributed by atoms with Crippen molar-refractivity contribution in [1.29, 1.82) is 0 Å². The van der Waals surface area contributed by atoms with E-state index in [2.05, 4.69) is 34.3 Å². The SMILES string of the molecule is C=C1C(O[Si](CC)(CC)CC)C2OC(=O)C3(C)CCC(C)(C1CC(=O)OC)C23. The highest BCUT2D eigenvalue weighted by Gasteiger charge is 2.71. The van der Waals surface area contributed by atoms with E-state index in [0.717, 1.165) is 36.5 Å². The van der Waals surface area contributed by atoms with Gasteiger partial charge in [0.2, 0.25) is 0 Å². The molecule has 1 aliphatic heterocycles. The molecule has 0 spiro atoms. The molecule has 0 bridgehead atoms. The first-order valence-corrected chi connectivity index (χ1v) is 13.3. The molecule has 0 aromatic rings. The van der Waals surface area contributed by atoms with Gasteiger partial charge in [-0.15, -0.1) is 0 Å². The minimum Gasteiger partial charge on any atom is -0.469 e. The molecule has 1 heterocycles. The summed E-state index contributed by atoms with van der Waals surface area (Å²) in [6.07, 6.45) is 1.37. The van der Waals surface area contributed by atoms with E-state index in [1.165, 1.54) is 7.11 Å². The van der Waals surface area contributed by atoms with Crippen LogP contribution >= 0.6 is 0 Å². The number of methoxy groups -OCH3 is 1. The largest absolute Gasteiger partial charge is 0.469 e. The summed E-state index contributed by atoms with van der Waals surface area (Å²) >= 11 is 0. The van der Waals surface area contributed by atoms with Crippen LogP contribution in [0.1, 0.15) is 53.9 Å². The van der Waals surface area contributed by atoms with Crippen molar-refractivity contribution in [2.75, 3.05) is 7.11 Å². The third kappa shape index (κ3) is 2.90. The highest BCUT2D eigenvalue weighted by Crippen LogP contribution is 2.68. The molecule has 0 N–H and O–H groups in total. The molecule has 6 heteroatoms. The van der Waals surface area contributed by atoms with Crippen molar-refractivity contribution in [3.8, 4) is 0 Å². The zero-order chi connectivity index (χ0) is 20.9. The average Bonchev–Trinajstić information content (AvgIpc) is 3.12. The average molecular weight is 409 g/mol. The van der Waals surface area contributed by atoms with Crippen LogP contribution in [-0.4, -0.2) is 39.6 Å². The third-order valence-corrected chi connectivity index (χ3v) is 13.1. The van der Waals surface area contributed by atoms with Gasteiger partial charge in [0.1, 0.15) is 12.2 Å². The Labute approximate surface area is 170 Å². The summed E-state index contributed by atoms with van der Waals surface area (Å²) < 4.78 is 17.9. The van der Waals surface area contributed by atoms with Crippen LogP contribution in [0.25, 0.3) is 0 Å². The molecule has 3 fully saturated rings. The van der Waals surface area contributed by atoms with Crippen molar-refractivity contribution < 1.29 is 23.5 Å². The van der Waals surface area contributed by atoms with Crippen LogP contribution in [0.3, 0.4) is 0 Å². The number of carbonyl (C=O) groups is 2. The van der Waals surface area contributed by atoms with Crippen LogP contribution in [0.4, 0.5) is 0 Å². The van der Waals surface area contributed by atoms with Gasteiger partial charge in [-0.3, -0.25) is 9.59 Å². The zero-order valence-electron chi connectivity index (χ0n) is 18.3. The van der Waals surface area contributed by atoms with Gasteiger partial charge in [-0.2, -0.15) is 0 Å². The molecule has 6 unspecified atom stereocenters. The summed E-state index contributed by atoms with van der Waals surface area (Å²) in [5.74, 6) is -0.341. The van der Waals surface area contributed by atoms with E-state index in [4.69, 9.17) is 13.9 Å². The summed E-state index contributed by atoms with van der Waals surface area (Å²) in [6, 6.07) is 3.06. The molecule has 6 atom stereocenters. The second kappa shape index (κ2) is 7.28. The van der Waals surface area contributed by atoms with E-state index in [-0.39, 0.29) is 47.8 Å². The van der Waals surface area contributed by atoms with Gasteiger partial charge < -0.3 is 13.9 Å². The van der Waals surface area contributed by atoms with E-state index in [0.29, 0.717) is 0 Å². The van der Waals surface area contributed by atoms with Gasteiger partial charge >= 0.3 is 11.9 Å². The van der Waals surface area contributed by atoms with Crippen LogP contribution in [0.2, 0.25) is 18.1 Å². The van der Waals surface area contributed by atoms with Gasteiger partial charge in [-0.1, -0.05) is 34.3 Å². The number of rotatable bonds is 7. The lowest BCUT2D eigenvalue weighted by molar-refractivity contribution is -0.153. The molecule has 5 nitrogen and oxygen atoms in total. The highest BCUT2D eigenvalue weighted by atomic mass is 28.4. The van der Waals surface area contributed by atoms with Crippen LogP contribution in [0.15, 0.2) is 12.2 Å². The Kier molecular flexibility index (Phi) is 5.60. The third-order valence-electron chi connectivity index (χ3n) is 8.43. The van der Waals surface area contributed by atoms with Crippen molar-refractivity contribution in [3.63, 3.8) is 0 Å². The topological polar surface area (TPSA) is 61.8 Å². The summed E-state index contributed by atoms with van der Waals surface area (Å²) in [4.78, 5) is 25.1. The van der Waals surface area contributed by atoms with Crippen molar-refractivity contribution in [2.24, 2.45) is 22.7 Å². The second-order valence-corrected chi connectivity index (χ2v) is 14.2. The van der Waals surface area contributed by atoms with Crippen molar-refractivity contribution in [2.45, 2.75) is 84.2 Å². The molecule has 0 aromatic carbocycles. The normalized spacial score (nSPS) is 39.6. The Bertz CT molecular complexity index is 664. The fourth-order valence-electron chi connectivity index (χ4n) is 6.35. The lowest BCUT2D eigenvalue weighted by Gasteiger charge is -2.52. The first-order valence-electron chi connectivity index (χ1n) is 10.8. The quantitative estimate of drug-likeness (QED) is 0.353. The summed E-state index contributed by atoms with van der Waals surface area (Å²) in [5, 5.41) is 0. The molecule has 0 radical (unpaired) electrons. The molecule has 0 amide bonds. The Hall–Kier alpha value is -1.14. The minimum absolute atomic E-state index is 0.0509. The molecule has 3 rings (SSSR count). The fraction of sp³-hybridized carbons (Fsp3) is 0.818. The predicted molar refractivity (Wildman–Crippen MR) is 110 cm³/mol. The van der Waals surface area contributed by atoms with Crippen LogP contribution in [-0.2, 0) is 23.5 Å². The maximum Gasteiger partial charge on any atom is 0.312 e. The first-order chi connectivity index (χ1) is 13.1. The molecule has 0 aromatic heterocycles. The predicted octanol–water partition coefficient (Wildman–Crippen LogP) is 4.47. The lowest BCUT2D eigenvalue weighted by Crippen LogP contribution is -2.56. The van der Waals surface area contributed by atoms with Crippen molar-refractivity contribution >= 4 is 20.3 Å². The Morgan fingerprint density at radius 3 is 2.36 bits per heavy atom. The molecule has 28 heavy (non-hydrogen) atoms. The molecular weight excluding hydrogens is 372 g/mol. The van der Waals surface area contributed by atoms with Gasteiger partial charge in [0.25, 0.3) is 0 Å². The van der Waals surface area contributed by atoms with Gasteiger partial charge in [0, 0.05) is 5.92 Å². The van der Waals surface area contributed by atoms with E-state index in [1.807, 2.05) is 6.92 Å². The standard InChI is InChI=1S/C22H36O5Si/c1-8-28(9-2,10-3)27-17-14(4)15(13-16(23)25-7)21(5)11-12-22(6)19(21)18(17)26-20(22)24/h15,17-19H,4,8-13H2,1-3,5-7H3. The minimum atomic E-state index is -1.95. The van der Waals surface area contributed by atoms with Gasteiger partial charge in [0.15, 0.2) is 8.32 Å². The van der Waals surface area contributed by atoms with Gasteiger partial charge in [0.05, 0.1) is 18.9 Å². The number of hydrogen-bond acceptors (Lipinski definition) is 5. The Morgan fingerprint density at radius 2 is 1.82 bits per heavy atom. The van der Waals surface area contributed by atoms with E-state index in [9.17, 15) is 9.59 Å². The smallest absolute Gasteiger partial charge is 0.312 e. The second-order valence-electron chi connectivity index (χ2n) is 9.46. The molecule has 2 saturated carbocycles. The monoisotopic (exact) mass is 408 g/mol. The summed E-state index contributed by atoms with van der Waals surface area (Å²) in [7, 11) is -0.519. The summed E-state index contributed by atoms with van der Waals surface area (Å²) in [5.41, 5.74) is 0.219. The molecule has 2 aliphatic carbocycles. The molecule has 1 saturated heterocycles. The maximum atomic E-state index is 12.9. The number of esters is 2. The molecule has 3 aliphatic rings. The number of ether oxygens (including phenoxy) is 2. The van der Waals surface area contributed by atoms with Crippen LogP contribution in [0, 0.1) is 22.7 Å². The zero-order valence-corrected chi connectivity index (χ0v) is 19.3.